The molecule has 2 rings (SSSR count). The molecule has 0 saturated carbocycles. The molecule has 0 saturated heterocycles. The lowest BCUT2D eigenvalue weighted by Gasteiger charge is -2.19. The molecular formula is C13H16Cl2N4. The second-order valence-electron chi connectivity index (χ2n) is 5.33. The van der Waals surface area contributed by atoms with Gasteiger partial charge in [-0.25, -0.2) is 0 Å². The van der Waals surface area contributed by atoms with Crippen LogP contribution in [-0.4, -0.2) is 20.5 Å². The van der Waals surface area contributed by atoms with Crippen LogP contribution in [0.1, 0.15) is 26.5 Å². The van der Waals surface area contributed by atoms with Crippen LogP contribution in [0.3, 0.4) is 0 Å². The SMILES string of the molecule is CC(C)(C)NCc1cnn(-c2ccc(Cl)c(Cl)c2)n1. The smallest absolute Gasteiger partial charge is 0.0969 e. The van der Waals surface area contributed by atoms with Crippen molar-refractivity contribution in [2.45, 2.75) is 32.9 Å². The van der Waals surface area contributed by atoms with Crippen molar-refractivity contribution in [3.63, 3.8) is 0 Å². The van der Waals surface area contributed by atoms with Crippen LogP contribution in [0.5, 0.6) is 0 Å². The van der Waals surface area contributed by atoms with Gasteiger partial charge in [0, 0.05) is 12.1 Å². The van der Waals surface area contributed by atoms with E-state index in [4.69, 9.17) is 23.2 Å². The number of nitrogens with one attached hydrogen (secondary N) is 1. The van der Waals surface area contributed by atoms with E-state index in [0.717, 1.165) is 11.4 Å². The van der Waals surface area contributed by atoms with Crippen molar-refractivity contribution in [2.75, 3.05) is 0 Å². The van der Waals surface area contributed by atoms with Crippen LogP contribution in [0.25, 0.3) is 5.69 Å². The van der Waals surface area contributed by atoms with Gasteiger partial charge in [-0.05, 0) is 39.0 Å². The van der Waals surface area contributed by atoms with Gasteiger partial charge in [0.15, 0.2) is 0 Å². The molecule has 6 heteroatoms. The van der Waals surface area contributed by atoms with Gasteiger partial charge >= 0.3 is 0 Å². The molecule has 0 amide bonds. The molecule has 0 aliphatic heterocycles. The minimum atomic E-state index is 0.0490. The first-order valence-electron chi connectivity index (χ1n) is 5.97. The Morgan fingerprint density at radius 2 is 1.95 bits per heavy atom. The van der Waals surface area contributed by atoms with Gasteiger partial charge in [0.05, 0.1) is 27.6 Å². The molecule has 1 heterocycles. The van der Waals surface area contributed by atoms with Gasteiger partial charge in [-0.1, -0.05) is 23.2 Å². The highest BCUT2D eigenvalue weighted by Gasteiger charge is 2.10. The van der Waals surface area contributed by atoms with Gasteiger partial charge in [-0.2, -0.15) is 15.0 Å². The molecule has 102 valence electrons. The average Bonchev–Trinajstić information content (AvgIpc) is 2.78. The molecule has 19 heavy (non-hydrogen) atoms. The Labute approximate surface area is 122 Å². The standard InChI is InChI=1S/C13H16Cl2N4/c1-13(2,3)16-7-9-8-17-19(18-9)10-4-5-11(14)12(15)6-10/h4-6,8,16H,7H2,1-3H3. The predicted octanol–water partition coefficient (Wildman–Crippen LogP) is 3.46. The molecule has 0 fully saturated rings. The Kier molecular flexibility index (Phi) is 4.13. The van der Waals surface area contributed by atoms with Gasteiger partial charge < -0.3 is 5.32 Å². The molecule has 0 radical (unpaired) electrons. The van der Waals surface area contributed by atoms with Crippen LogP contribution < -0.4 is 5.32 Å². The quantitative estimate of drug-likeness (QED) is 0.943. The lowest BCUT2D eigenvalue weighted by atomic mass is 10.1. The monoisotopic (exact) mass is 298 g/mol. The fraction of sp³-hybridized carbons (Fsp3) is 0.385. The summed E-state index contributed by atoms with van der Waals surface area (Å²) in [5, 5.41) is 13.0. The maximum atomic E-state index is 5.98. The first-order chi connectivity index (χ1) is 8.85. The molecule has 1 aromatic heterocycles. The first kappa shape index (κ1) is 14.3. The fourth-order valence-electron chi connectivity index (χ4n) is 1.47. The highest BCUT2D eigenvalue weighted by atomic mass is 35.5. The van der Waals surface area contributed by atoms with Crippen LogP contribution in [0, 0.1) is 0 Å². The molecule has 0 unspecified atom stereocenters. The highest BCUT2D eigenvalue weighted by molar-refractivity contribution is 6.42. The molecule has 1 aromatic carbocycles. The van der Waals surface area contributed by atoms with Gasteiger partial charge in [0.1, 0.15) is 0 Å². The molecule has 0 aliphatic rings. The summed E-state index contributed by atoms with van der Waals surface area (Å²) in [6.07, 6.45) is 1.74. The van der Waals surface area contributed by atoms with Crippen molar-refractivity contribution >= 4 is 23.2 Å². The summed E-state index contributed by atoms with van der Waals surface area (Å²) < 4.78 is 0. The van der Waals surface area contributed by atoms with Gasteiger partial charge in [0.25, 0.3) is 0 Å². The fourth-order valence-corrected chi connectivity index (χ4v) is 1.76. The topological polar surface area (TPSA) is 42.7 Å². The van der Waals surface area contributed by atoms with E-state index in [0.29, 0.717) is 16.6 Å². The number of rotatable bonds is 3. The minimum absolute atomic E-state index is 0.0490. The van der Waals surface area contributed by atoms with E-state index >= 15 is 0 Å². The summed E-state index contributed by atoms with van der Waals surface area (Å²) in [5.74, 6) is 0. The van der Waals surface area contributed by atoms with Crippen LogP contribution in [0.15, 0.2) is 24.4 Å². The van der Waals surface area contributed by atoms with Gasteiger partial charge in [-0.15, -0.1) is 0 Å². The summed E-state index contributed by atoms with van der Waals surface area (Å²) in [7, 11) is 0. The molecule has 0 bridgehead atoms. The molecule has 1 N–H and O–H groups in total. The van der Waals surface area contributed by atoms with Crippen molar-refractivity contribution in [1.82, 2.24) is 20.3 Å². The Hall–Kier alpha value is -1.10. The largest absolute Gasteiger partial charge is 0.306 e. The normalized spacial score (nSPS) is 11.8. The zero-order valence-electron chi connectivity index (χ0n) is 11.1. The third-order valence-electron chi connectivity index (χ3n) is 2.47. The summed E-state index contributed by atoms with van der Waals surface area (Å²) >= 11 is 11.9. The molecule has 0 spiro atoms. The predicted molar refractivity (Wildman–Crippen MR) is 78.0 cm³/mol. The number of hydrogen-bond donors (Lipinski definition) is 1. The van der Waals surface area contributed by atoms with E-state index in [1.807, 2.05) is 6.07 Å². The third kappa shape index (κ3) is 3.93. The van der Waals surface area contributed by atoms with Crippen LogP contribution >= 0.6 is 23.2 Å². The average molecular weight is 299 g/mol. The van der Waals surface area contributed by atoms with E-state index in [1.54, 1.807) is 23.1 Å². The third-order valence-corrected chi connectivity index (χ3v) is 3.21. The molecular weight excluding hydrogens is 283 g/mol. The van der Waals surface area contributed by atoms with E-state index < -0.39 is 0 Å². The van der Waals surface area contributed by atoms with Crippen molar-refractivity contribution in [3.8, 4) is 5.69 Å². The summed E-state index contributed by atoms with van der Waals surface area (Å²) in [6, 6.07) is 5.30. The number of halogens is 2. The number of nitrogens with zero attached hydrogens (tertiary/aromatic N) is 3. The Balaban J connectivity index is 2.14. The van der Waals surface area contributed by atoms with E-state index in [-0.39, 0.29) is 5.54 Å². The van der Waals surface area contributed by atoms with Crippen molar-refractivity contribution in [1.29, 1.82) is 0 Å². The summed E-state index contributed by atoms with van der Waals surface area (Å²) in [5.41, 5.74) is 1.71. The highest BCUT2D eigenvalue weighted by Crippen LogP contribution is 2.23. The maximum Gasteiger partial charge on any atom is 0.0969 e. The molecule has 0 atom stereocenters. The second-order valence-corrected chi connectivity index (χ2v) is 6.14. The molecule has 2 aromatic rings. The van der Waals surface area contributed by atoms with E-state index in [1.165, 1.54) is 0 Å². The lowest BCUT2D eigenvalue weighted by Crippen LogP contribution is -2.35. The van der Waals surface area contributed by atoms with Crippen LogP contribution in [0.2, 0.25) is 10.0 Å². The van der Waals surface area contributed by atoms with Gasteiger partial charge in [0.2, 0.25) is 0 Å². The summed E-state index contributed by atoms with van der Waals surface area (Å²) in [4.78, 5) is 1.54. The van der Waals surface area contributed by atoms with E-state index in [2.05, 4.69) is 36.3 Å². The Morgan fingerprint density at radius 1 is 1.21 bits per heavy atom. The van der Waals surface area contributed by atoms with Crippen LogP contribution in [-0.2, 0) is 6.54 Å². The van der Waals surface area contributed by atoms with Crippen molar-refractivity contribution in [3.05, 3.63) is 40.1 Å². The molecule has 4 nitrogen and oxygen atoms in total. The number of aromatic nitrogens is 3. The maximum absolute atomic E-state index is 5.98. The zero-order chi connectivity index (χ0) is 14.0. The van der Waals surface area contributed by atoms with Crippen molar-refractivity contribution in [2.24, 2.45) is 0 Å². The van der Waals surface area contributed by atoms with E-state index in [9.17, 15) is 0 Å². The number of benzene rings is 1. The first-order valence-corrected chi connectivity index (χ1v) is 6.72. The summed E-state index contributed by atoms with van der Waals surface area (Å²) in [6.45, 7) is 6.99. The lowest BCUT2D eigenvalue weighted by molar-refractivity contribution is 0.420. The Bertz CT molecular complexity index is 572. The van der Waals surface area contributed by atoms with Crippen molar-refractivity contribution < 1.29 is 0 Å². The second kappa shape index (κ2) is 5.49. The van der Waals surface area contributed by atoms with Crippen LogP contribution in [0.4, 0.5) is 0 Å². The number of hydrogen-bond acceptors (Lipinski definition) is 3. The minimum Gasteiger partial charge on any atom is -0.306 e. The zero-order valence-corrected chi connectivity index (χ0v) is 12.6. The Morgan fingerprint density at radius 3 is 2.58 bits per heavy atom. The molecule has 0 aliphatic carbocycles. The van der Waals surface area contributed by atoms with Gasteiger partial charge in [-0.3, -0.25) is 0 Å².